The average Bonchev–Trinajstić information content (AvgIpc) is 2.59. The first-order valence-electron chi connectivity index (χ1n) is 8.69. The highest BCUT2D eigenvalue weighted by Gasteiger charge is 2.21. The average molecular weight is 391 g/mol. The summed E-state index contributed by atoms with van der Waals surface area (Å²) in [5, 5.41) is 1.44. The largest absolute Gasteiger partial charge is 0.339 e. The molecule has 0 aliphatic carbocycles. The van der Waals surface area contributed by atoms with Crippen molar-refractivity contribution in [3.05, 3.63) is 52.3 Å². The van der Waals surface area contributed by atoms with E-state index in [1.165, 1.54) is 17.3 Å². The van der Waals surface area contributed by atoms with Gasteiger partial charge in [0.25, 0.3) is 0 Å². The van der Waals surface area contributed by atoms with Crippen LogP contribution in [-0.2, 0) is 11.3 Å². The molecule has 0 saturated carbocycles. The van der Waals surface area contributed by atoms with Crippen molar-refractivity contribution in [2.45, 2.75) is 25.5 Å². The fourth-order valence-electron chi connectivity index (χ4n) is 3.02. The number of halogens is 1. The van der Waals surface area contributed by atoms with E-state index in [1.54, 1.807) is 0 Å². The number of thioether (sulfide) groups is 1. The Morgan fingerprint density at radius 2 is 1.81 bits per heavy atom. The third kappa shape index (κ3) is 5.43. The molecular formula is C19H23ClN4OS. The van der Waals surface area contributed by atoms with Crippen LogP contribution in [0, 0.1) is 13.8 Å². The van der Waals surface area contributed by atoms with E-state index in [0.29, 0.717) is 10.9 Å². The summed E-state index contributed by atoms with van der Waals surface area (Å²) in [6, 6.07) is 9.89. The normalized spacial score (nSPS) is 15.3. The summed E-state index contributed by atoms with van der Waals surface area (Å²) in [6.07, 6.45) is 0. The molecule has 0 unspecified atom stereocenters. The molecular weight excluding hydrogens is 368 g/mol. The van der Waals surface area contributed by atoms with Gasteiger partial charge in [-0.05, 0) is 37.6 Å². The second kappa shape index (κ2) is 8.84. The number of aromatic nitrogens is 2. The van der Waals surface area contributed by atoms with Crippen LogP contribution >= 0.6 is 23.4 Å². The number of piperazine rings is 1. The Hall–Kier alpha value is -1.63. The predicted octanol–water partition coefficient (Wildman–Crippen LogP) is 3.18. The topological polar surface area (TPSA) is 49.3 Å². The van der Waals surface area contributed by atoms with E-state index >= 15 is 0 Å². The molecule has 138 valence electrons. The molecule has 1 fully saturated rings. The van der Waals surface area contributed by atoms with E-state index in [9.17, 15) is 4.79 Å². The van der Waals surface area contributed by atoms with Gasteiger partial charge in [-0.15, -0.1) is 0 Å². The maximum Gasteiger partial charge on any atom is 0.233 e. The molecule has 1 aromatic carbocycles. The van der Waals surface area contributed by atoms with Crippen molar-refractivity contribution >= 4 is 29.3 Å². The number of aryl methyl sites for hydroxylation is 2. The number of hydrogen-bond acceptors (Lipinski definition) is 5. The van der Waals surface area contributed by atoms with Crippen LogP contribution in [0.4, 0.5) is 0 Å². The van der Waals surface area contributed by atoms with Crippen molar-refractivity contribution in [3.63, 3.8) is 0 Å². The van der Waals surface area contributed by atoms with Crippen molar-refractivity contribution in [1.82, 2.24) is 19.8 Å². The van der Waals surface area contributed by atoms with Gasteiger partial charge in [0, 0.05) is 49.1 Å². The summed E-state index contributed by atoms with van der Waals surface area (Å²) in [5.74, 6) is 0.539. The van der Waals surface area contributed by atoms with Gasteiger partial charge in [-0.25, -0.2) is 9.97 Å². The zero-order valence-electron chi connectivity index (χ0n) is 15.1. The van der Waals surface area contributed by atoms with Gasteiger partial charge in [-0.2, -0.15) is 0 Å². The van der Waals surface area contributed by atoms with E-state index in [2.05, 4.69) is 20.9 Å². The second-order valence-corrected chi connectivity index (χ2v) is 7.89. The summed E-state index contributed by atoms with van der Waals surface area (Å²) < 4.78 is 0. The molecule has 7 heteroatoms. The minimum absolute atomic E-state index is 0.153. The van der Waals surface area contributed by atoms with Gasteiger partial charge in [-0.1, -0.05) is 35.5 Å². The summed E-state index contributed by atoms with van der Waals surface area (Å²) in [5.41, 5.74) is 3.07. The lowest BCUT2D eigenvalue weighted by molar-refractivity contribution is -0.130. The maximum atomic E-state index is 12.5. The van der Waals surface area contributed by atoms with E-state index in [1.807, 2.05) is 43.0 Å². The summed E-state index contributed by atoms with van der Waals surface area (Å²) in [4.78, 5) is 25.5. The molecule has 1 amide bonds. The predicted molar refractivity (Wildman–Crippen MR) is 106 cm³/mol. The third-order valence-corrected chi connectivity index (χ3v) is 5.37. The Morgan fingerprint density at radius 1 is 1.12 bits per heavy atom. The summed E-state index contributed by atoms with van der Waals surface area (Å²) in [6.45, 7) is 8.03. The lowest BCUT2D eigenvalue weighted by Gasteiger charge is -2.34. The van der Waals surface area contributed by atoms with Gasteiger partial charge in [0.2, 0.25) is 5.91 Å². The van der Waals surface area contributed by atoms with Gasteiger partial charge in [-0.3, -0.25) is 9.69 Å². The van der Waals surface area contributed by atoms with Crippen LogP contribution in [0.5, 0.6) is 0 Å². The molecule has 0 radical (unpaired) electrons. The summed E-state index contributed by atoms with van der Waals surface area (Å²) >= 11 is 7.46. The Morgan fingerprint density at radius 3 is 2.46 bits per heavy atom. The monoisotopic (exact) mass is 390 g/mol. The second-order valence-electron chi connectivity index (χ2n) is 6.51. The van der Waals surface area contributed by atoms with E-state index in [0.717, 1.165) is 49.1 Å². The highest BCUT2D eigenvalue weighted by atomic mass is 35.5. The molecule has 0 bridgehead atoms. The van der Waals surface area contributed by atoms with E-state index in [-0.39, 0.29) is 5.91 Å². The molecule has 0 spiro atoms. The first-order valence-corrected chi connectivity index (χ1v) is 10.1. The Kier molecular flexibility index (Phi) is 6.51. The molecule has 5 nitrogen and oxygen atoms in total. The highest BCUT2D eigenvalue weighted by molar-refractivity contribution is 7.99. The lowest BCUT2D eigenvalue weighted by atomic mass is 10.2. The van der Waals surface area contributed by atoms with Crippen molar-refractivity contribution < 1.29 is 4.79 Å². The molecule has 1 saturated heterocycles. The fourth-order valence-corrected chi connectivity index (χ4v) is 4.09. The number of carbonyl (C=O) groups is 1. The third-order valence-electron chi connectivity index (χ3n) is 4.31. The minimum atomic E-state index is 0.153. The van der Waals surface area contributed by atoms with Crippen molar-refractivity contribution in [3.8, 4) is 0 Å². The van der Waals surface area contributed by atoms with Crippen LogP contribution in [0.2, 0.25) is 5.02 Å². The number of carbonyl (C=O) groups excluding carboxylic acids is 1. The van der Waals surface area contributed by atoms with Crippen LogP contribution in [0.1, 0.15) is 17.0 Å². The van der Waals surface area contributed by atoms with Gasteiger partial charge in [0.05, 0.1) is 5.75 Å². The smallest absolute Gasteiger partial charge is 0.233 e. The minimum Gasteiger partial charge on any atom is -0.339 e. The van der Waals surface area contributed by atoms with Crippen LogP contribution in [-0.4, -0.2) is 57.6 Å². The highest BCUT2D eigenvalue weighted by Crippen LogP contribution is 2.17. The van der Waals surface area contributed by atoms with Gasteiger partial charge >= 0.3 is 0 Å². The fraction of sp³-hybridized carbons (Fsp3) is 0.421. The molecule has 1 aromatic heterocycles. The molecule has 1 aliphatic rings. The van der Waals surface area contributed by atoms with Crippen LogP contribution in [0.25, 0.3) is 0 Å². The van der Waals surface area contributed by atoms with Crippen molar-refractivity contribution in [2.24, 2.45) is 0 Å². The quantitative estimate of drug-likeness (QED) is 0.579. The zero-order valence-corrected chi connectivity index (χ0v) is 16.7. The number of rotatable bonds is 5. The van der Waals surface area contributed by atoms with Gasteiger partial charge < -0.3 is 4.90 Å². The number of benzene rings is 1. The maximum absolute atomic E-state index is 12.5. The standard InChI is InChI=1S/C19H23ClN4OS/c1-14-10-15(2)22-19(21-14)26-13-18(25)24-8-6-23(7-9-24)12-16-4-3-5-17(20)11-16/h3-5,10-11H,6-9,12-13H2,1-2H3. The SMILES string of the molecule is Cc1cc(C)nc(SCC(=O)N2CCN(Cc3cccc(Cl)c3)CC2)n1. The van der Waals surface area contributed by atoms with Crippen LogP contribution < -0.4 is 0 Å². The first kappa shape index (κ1) is 19.1. The molecule has 0 atom stereocenters. The Bertz CT molecular complexity index is 758. The van der Waals surface area contributed by atoms with E-state index < -0.39 is 0 Å². The van der Waals surface area contributed by atoms with Crippen LogP contribution in [0.15, 0.2) is 35.5 Å². The molecule has 1 aliphatic heterocycles. The molecule has 2 aromatic rings. The van der Waals surface area contributed by atoms with Crippen molar-refractivity contribution in [2.75, 3.05) is 31.9 Å². The first-order chi connectivity index (χ1) is 12.5. The van der Waals surface area contributed by atoms with Crippen molar-refractivity contribution in [1.29, 1.82) is 0 Å². The van der Waals surface area contributed by atoms with Crippen LogP contribution in [0.3, 0.4) is 0 Å². The molecule has 3 rings (SSSR count). The zero-order chi connectivity index (χ0) is 18.5. The molecule has 26 heavy (non-hydrogen) atoms. The Labute approximate surface area is 163 Å². The summed E-state index contributed by atoms with van der Waals surface area (Å²) in [7, 11) is 0. The lowest BCUT2D eigenvalue weighted by Crippen LogP contribution is -2.48. The molecule has 2 heterocycles. The van der Waals surface area contributed by atoms with E-state index in [4.69, 9.17) is 11.6 Å². The number of nitrogens with zero attached hydrogens (tertiary/aromatic N) is 4. The van der Waals surface area contributed by atoms with Gasteiger partial charge in [0.1, 0.15) is 0 Å². The number of hydrogen-bond donors (Lipinski definition) is 0. The number of amides is 1. The van der Waals surface area contributed by atoms with Gasteiger partial charge in [0.15, 0.2) is 5.16 Å². The molecule has 0 N–H and O–H groups in total. The Balaban J connectivity index is 1.46.